The molecule has 0 aromatic heterocycles. The highest BCUT2D eigenvalue weighted by Gasteiger charge is 3.15. The average molecular weight is 1240 g/mol. The van der Waals surface area contributed by atoms with E-state index >= 15 is 15.0 Å². The number of ketones is 1. The molecular formula is C55H80O29S. The first-order chi connectivity index (χ1) is 39.9. The van der Waals surface area contributed by atoms with Crippen molar-refractivity contribution in [1.29, 1.82) is 0 Å². The minimum Gasteiger partial charge on any atom is -0.394 e. The van der Waals surface area contributed by atoms with E-state index in [2.05, 4.69) is 0 Å². The standard InChI is InChI=1S/C55H80O29S/c56-19-31-34(59)37(62)40(65)49(69,76-31)53(54(50(70)41(66)38(63)35(60)32(20-57)77-50,51(71)42(67)39(64)36(61)33(21-58)78-51)79-46-16-28-7-29(17-46)9-30(8-28)18-46)47-43(68)48(47,82-84-85(74,75)83-81-47)55(73,80-53)52(72,44-10-22-1-23(11-44)3-24(2-22)12-44)45-13-25-4-26(14-45)6-27(5-25)15-45/h22-42,56-67,69-73H,1-21H2/t22?,23?,24?,25?,26?,27?,28?,29?,30?,31-,32-,33-,34+,35-,36+,37+,38+,39+,40-,41-,42-,44?,45?,46?,47?,48?,49?,50?,51?,52?,53?,54?,55?/m1/s1. The Morgan fingerprint density at radius 1 is 0.471 bits per heavy atom. The molecule has 18 fully saturated rings. The van der Waals surface area contributed by atoms with Gasteiger partial charge in [-0.25, -0.2) is 0 Å². The monoisotopic (exact) mass is 1240 g/mol. The Hall–Kier alpha value is -1.42. The molecule has 18 rings (SSSR count). The topological polar surface area (TPSA) is 478 Å². The Bertz CT molecular complexity index is 2650. The van der Waals surface area contributed by atoms with E-state index in [0.717, 1.165) is 0 Å². The van der Waals surface area contributed by atoms with Gasteiger partial charge in [-0.1, -0.05) is 8.67 Å². The molecule has 8 unspecified atom stereocenters. The predicted molar refractivity (Wildman–Crippen MR) is 268 cm³/mol. The lowest BCUT2D eigenvalue weighted by molar-refractivity contribution is -0.572. The van der Waals surface area contributed by atoms with E-state index in [1.807, 2.05) is 0 Å². The van der Waals surface area contributed by atoms with Crippen molar-refractivity contribution in [1.82, 2.24) is 0 Å². The zero-order chi connectivity index (χ0) is 60.4. The largest absolute Gasteiger partial charge is 0.453 e. The van der Waals surface area contributed by atoms with Gasteiger partial charge in [0, 0.05) is 10.8 Å². The number of carbonyl (C=O) groups is 1. The lowest BCUT2D eigenvalue weighted by Crippen LogP contribution is -2.98. The molecule has 0 amide bonds. The fraction of sp³-hybridized carbons (Fsp3) is 0.982. The van der Waals surface area contributed by atoms with E-state index in [1.54, 1.807) is 0 Å². The third-order valence-electron chi connectivity index (χ3n) is 25.2. The molecule has 18 aliphatic rings. The summed E-state index contributed by atoms with van der Waals surface area (Å²) < 4.78 is 72.3. The van der Waals surface area contributed by atoms with Gasteiger partial charge in [-0.2, -0.15) is 18.2 Å². The molecule has 20 atom stereocenters. The summed E-state index contributed by atoms with van der Waals surface area (Å²) in [5.41, 5.74) is -27.3. The van der Waals surface area contributed by atoms with Crippen molar-refractivity contribution in [3.05, 3.63) is 0 Å². The molecule has 30 heteroatoms. The number of hydrogen-bond acceptors (Lipinski definition) is 29. The molecule has 0 aromatic rings. The van der Waals surface area contributed by atoms with Crippen LogP contribution in [0.5, 0.6) is 0 Å². The molecule has 17 N–H and O–H groups in total. The van der Waals surface area contributed by atoms with Gasteiger partial charge in [0.1, 0.15) is 78.8 Å². The van der Waals surface area contributed by atoms with Gasteiger partial charge in [0.25, 0.3) is 5.60 Å². The predicted octanol–water partition coefficient (Wildman–Crippen LogP) is -5.97. The summed E-state index contributed by atoms with van der Waals surface area (Å²) in [5, 5.41) is 220. The van der Waals surface area contributed by atoms with E-state index in [0.29, 0.717) is 57.8 Å². The summed E-state index contributed by atoms with van der Waals surface area (Å²) in [5.74, 6) is -22.8. The lowest BCUT2D eigenvalue weighted by Gasteiger charge is -2.74. The number of aliphatic hydroxyl groups excluding tert-OH is 12. The Balaban J connectivity index is 1.14. The highest BCUT2D eigenvalue weighted by Crippen LogP contribution is 2.86. The summed E-state index contributed by atoms with van der Waals surface area (Å²) in [6.45, 7) is -4.55. The molecule has 0 aromatic carbocycles. The number of rotatable bonds is 12. The minimum atomic E-state index is -5.98. The number of hydrogen-bond donors (Lipinski definition) is 17. The van der Waals surface area contributed by atoms with Crippen molar-refractivity contribution in [2.24, 2.45) is 64.1 Å². The highest BCUT2D eigenvalue weighted by atomic mass is 32.3. The van der Waals surface area contributed by atoms with Crippen LogP contribution in [0.25, 0.3) is 0 Å². The van der Waals surface area contributed by atoms with Crippen molar-refractivity contribution >= 4 is 16.2 Å². The molecular weight excluding hydrogens is 1160 g/mol. The maximum atomic E-state index is 17.1. The van der Waals surface area contributed by atoms with Crippen LogP contribution in [0.15, 0.2) is 0 Å². The molecule has 480 valence electrons. The zero-order valence-electron chi connectivity index (χ0n) is 46.4. The van der Waals surface area contributed by atoms with Gasteiger partial charge in [-0.3, -0.25) is 4.79 Å². The SMILES string of the molecule is O=C1C23OOS(=O)(=O)OOC12C(C1(O)O[C@H](CO)[C@H](O)[C@H](O)[C@H]1O)(C(OC12CC4CC(CC(C4)C1)C2)(C1(O)O[C@H](CO)[C@H](O)[C@H](O)[C@H]1O)C1(O)O[C@H](CO)[C@@H](O)[C@H](O)[C@H]1O)OC3(O)C(O)(C12CC3CC(CC(C3)C1)C2)C12CC3CC(CC(C3)C1)C2. The van der Waals surface area contributed by atoms with E-state index in [9.17, 15) is 85.0 Å². The Kier molecular flexibility index (Phi) is 13.0. The second kappa shape index (κ2) is 18.5. The van der Waals surface area contributed by atoms with Crippen LogP contribution in [-0.4, -0.2) is 251 Å². The zero-order valence-corrected chi connectivity index (χ0v) is 47.2. The third-order valence-corrected chi connectivity index (χ3v) is 25.7. The van der Waals surface area contributed by atoms with E-state index < -0.39 is 177 Å². The normalized spacial score (nSPS) is 61.7. The summed E-state index contributed by atoms with van der Waals surface area (Å²) >= 11 is 0. The maximum absolute atomic E-state index is 17.1. The third kappa shape index (κ3) is 6.81. The first-order valence-electron chi connectivity index (χ1n) is 30.4. The molecule has 12 bridgehead atoms. The summed E-state index contributed by atoms with van der Waals surface area (Å²) in [4.78, 5) is 29.0. The van der Waals surface area contributed by atoms with E-state index in [4.69, 9.17) is 42.1 Å². The van der Waals surface area contributed by atoms with Crippen LogP contribution in [0.2, 0.25) is 0 Å². The van der Waals surface area contributed by atoms with E-state index in [1.165, 1.54) is 0 Å². The lowest BCUT2D eigenvalue weighted by atomic mass is 9.35. The number of carbonyl (C=O) groups excluding carboxylic acids is 1. The van der Waals surface area contributed by atoms with Crippen molar-refractivity contribution in [3.8, 4) is 0 Å². The smallest absolute Gasteiger partial charge is 0.394 e. The Labute approximate surface area is 486 Å². The number of Topliss-reactive ketones (excluding diaryl/α,β-unsaturated/α-hetero) is 1. The van der Waals surface area contributed by atoms with Gasteiger partial charge in [-0.05, 0) is 169 Å². The second-order valence-corrected chi connectivity index (χ2v) is 30.8. The molecule has 85 heavy (non-hydrogen) atoms. The molecule has 13 aliphatic carbocycles. The summed E-state index contributed by atoms with van der Waals surface area (Å²) in [6, 6.07) is 0. The molecule has 5 aliphatic heterocycles. The van der Waals surface area contributed by atoms with Gasteiger partial charge >= 0.3 is 10.4 Å². The van der Waals surface area contributed by atoms with Crippen LogP contribution in [0.3, 0.4) is 0 Å². The number of aliphatic hydroxyl groups is 17. The number of ether oxygens (including phenoxy) is 5. The Morgan fingerprint density at radius 3 is 1.16 bits per heavy atom. The maximum Gasteiger partial charge on any atom is 0.453 e. The molecule has 5 heterocycles. The molecule has 5 saturated heterocycles. The van der Waals surface area contributed by atoms with Crippen LogP contribution in [0.1, 0.15) is 116 Å². The van der Waals surface area contributed by atoms with Gasteiger partial charge in [0.15, 0.2) is 0 Å². The first-order valence-corrected chi connectivity index (χ1v) is 31.8. The van der Waals surface area contributed by atoms with Crippen LogP contribution < -0.4 is 0 Å². The first kappa shape index (κ1) is 59.9. The Morgan fingerprint density at radius 2 is 0.800 bits per heavy atom. The van der Waals surface area contributed by atoms with Gasteiger partial charge < -0.3 is 110 Å². The van der Waals surface area contributed by atoms with Crippen molar-refractivity contribution < 1.29 is 142 Å². The average Bonchev–Trinajstić information content (AvgIpc) is 1.41. The summed E-state index contributed by atoms with van der Waals surface area (Å²) in [6.07, 6.45) is -29.4. The molecule has 13 saturated carbocycles. The van der Waals surface area contributed by atoms with Crippen LogP contribution >= 0.6 is 0 Å². The van der Waals surface area contributed by atoms with E-state index in [-0.39, 0.29) is 111 Å². The van der Waals surface area contributed by atoms with Gasteiger partial charge in [0.05, 0.1) is 25.4 Å². The van der Waals surface area contributed by atoms with Gasteiger partial charge in [-0.15, -0.1) is 0 Å². The van der Waals surface area contributed by atoms with Gasteiger partial charge in [0.2, 0.25) is 45.7 Å². The highest BCUT2D eigenvalue weighted by molar-refractivity contribution is 7.81. The van der Waals surface area contributed by atoms with Crippen molar-refractivity contribution in [2.45, 2.75) is 246 Å². The fourth-order valence-corrected chi connectivity index (χ4v) is 23.8. The van der Waals surface area contributed by atoms with Crippen molar-refractivity contribution in [3.63, 3.8) is 0 Å². The van der Waals surface area contributed by atoms with Crippen LogP contribution in [-0.2, 0) is 57.3 Å². The van der Waals surface area contributed by atoms with Crippen molar-refractivity contribution in [2.75, 3.05) is 19.8 Å². The molecule has 0 radical (unpaired) electrons. The van der Waals surface area contributed by atoms with Crippen LogP contribution in [0.4, 0.5) is 0 Å². The minimum absolute atomic E-state index is 0.0581. The van der Waals surface area contributed by atoms with Crippen LogP contribution in [0, 0.1) is 64.1 Å². The summed E-state index contributed by atoms with van der Waals surface area (Å²) in [7, 11) is -5.98. The fourth-order valence-electron chi connectivity index (χ4n) is 23.4. The quantitative estimate of drug-likeness (QED) is 0.0809. The molecule has 0 spiro atoms. The molecule has 29 nitrogen and oxygen atoms in total. The second-order valence-electron chi connectivity index (χ2n) is 29.7.